The first-order valence-corrected chi connectivity index (χ1v) is 6.95. The lowest BCUT2D eigenvalue weighted by Crippen LogP contribution is -2.54. The molecule has 0 N–H and O–H groups in total. The van der Waals surface area contributed by atoms with Gasteiger partial charge in [0.25, 0.3) is 0 Å². The maximum absolute atomic E-state index is 12.3. The number of hydrogen-bond donors (Lipinski definition) is 0. The Morgan fingerprint density at radius 3 is 2.75 bits per heavy atom. The fraction of sp³-hybridized carbons (Fsp3) is 0.438. The van der Waals surface area contributed by atoms with Crippen molar-refractivity contribution in [2.24, 2.45) is 7.05 Å². The molecule has 0 atom stereocenters. The lowest BCUT2D eigenvalue weighted by Gasteiger charge is -2.38. The van der Waals surface area contributed by atoms with Crippen molar-refractivity contribution in [3.05, 3.63) is 35.5 Å². The van der Waals surface area contributed by atoms with E-state index in [1.54, 1.807) is 7.11 Å². The molecule has 0 aliphatic carbocycles. The molecule has 0 bridgehead atoms. The highest BCUT2D eigenvalue weighted by Crippen LogP contribution is 2.26. The number of carbonyl (C=O) groups is 1. The second kappa shape index (κ2) is 4.94. The standard InChI is InChI=1S/C16H20N2O2/c1-11-14(8-16(19)18-9-12(10-18)20-3)13-6-4-5-7-15(13)17(11)2/h4-7,12H,8-10H2,1-3H3. The zero-order valence-electron chi connectivity index (χ0n) is 12.2. The number of hydrogen-bond acceptors (Lipinski definition) is 2. The molecule has 4 heteroatoms. The van der Waals surface area contributed by atoms with E-state index in [9.17, 15) is 4.79 Å². The van der Waals surface area contributed by atoms with Crippen LogP contribution in [0, 0.1) is 6.92 Å². The Morgan fingerprint density at radius 1 is 1.35 bits per heavy atom. The zero-order valence-corrected chi connectivity index (χ0v) is 12.2. The van der Waals surface area contributed by atoms with Gasteiger partial charge in [0.05, 0.1) is 12.5 Å². The Balaban J connectivity index is 1.84. The quantitative estimate of drug-likeness (QED) is 0.855. The molecule has 2 aromatic rings. The van der Waals surface area contributed by atoms with Gasteiger partial charge in [0, 0.05) is 43.8 Å². The maximum atomic E-state index is 12.3. The number of fused-ring (bicyclic) bond motifs is 1. The molecule has 4 nitrogen and oxygen atoms in total. The van der Waals surface area contributed by atoms with Crippen LogP contribution in [0.5, 0.6) is 0 Å². The first-order chi connectivity index (χ1) is 9.61. The van der Waals surface area contributed by atoms with Gasteiger partial charge in [-0.05, 0) is 18.6 Å². The van der Waals surface area contributed by atoms with E-state index in [0.717, 1.165) is 18.7 Å². The van der Waals surface area contributed by atoms with Gasteiger partial charge in [-0.3, -0.25) is 4.79 Å². The molecule has 2 heterocycles. The number of aromatic nitrogens is 1. The van der Waals surface area contributed by atoms with Crippen molar-refractivity contribution in [1.29, 1.82) is 0 Å². The van der Waals surface area contributed by atoms with Gasteiger partial charge in [0.2, 0.25) is 5.91 Å². The van der Waals surface area contributed by atoms with Gasteiger partial charge in [-0.25, -0.2) is 0 Å². The molecular weight excluding hydrogens is 252 g/mol. The topological polar surface area (TPSA) is 34.5 Å². The molecule has 106 valence electrons. The minimum absolute atomic E-state index is 0.192. The lowest BCUT2D eigenvalue weighted by molar-refractivity contribution is -0.142. The third-order valence-electron chi connectivity index (χ3n) is 4.39. The van der Waals surface area contributed by atoms with E-state index in [0.29, 0.717) is 6.42 Å². The van der Waals surface area contributed by atoms with Gasteiger partial charge in [-0.2, -0.15) is 0 Å². The van der Waals surface area contributed by atoms with E-state index in [4.69, 9.17) is 4.74 Å². The van der Waals surface area contributed by atoms with Crippen molar-refractivity contribution < 1.29 is 9.53 Å². The van der Waals surface area contributed by atoms with Crippen molar-refractivity contribution in [3.63, 3.8) is 0 Å². The fourth-order valence-corrected chi connectivity index (χ4v) is 2.88. The van der Waals surface area contributed by atoms with E-state index >= 15 is 0 Å². The van der Waals surface area contributed by atoms with E-state index < -0.39 is 0 Å². The molecule has 0 spiro atoms. The smallest absolute Gasteiger partial charge is 0.227 e. The Bertz CT molecular complexity index is 654. The summed E-state index contributed by atoms with van der Waals surface area (Å²) in [6.45, 7) is 3.52. The number of ether oxygens (including phenoxy) is 1. The summed E-state index contributed by atoms with van der Waals surface area (Å²) in [4.78, 5) is 14.2. The molecule has 1 aliphatic heterocycles. The fourth-order valence-electron chi connectivity index (χ4n) is 2.88. The highest BCUT2D eigenvalue weighted by atomic mass is 16.5. The van der Waals surface area contributed by atoms with Gasteiger partial charge in [0.15, 0.2) is 0 Å². The van der Waals surface area contributed by atoms with Crippen molar-refractivity contribution in [1.82, 2.24) is 9.47 Å². The predicted octanol–water partition coefficient (Wildman–Crippen LogP) is 1.89. The van der Waals surface area contributed by atoms with Gasteiger partial charge in [-0.15, -0.1) is 0 Å². The van der Waals surface area contributed by atoms with Crippen LogP contribution < -0.4 is 0 Å². The summed E-state index contributed by atoms with van der Waals surface area (Å²) in [6.07, 6.45) is 0.691. The molecule has 1 amide bonds. The van der Waals surface area contributed by atoms with E-state index in [-0.39, 0.29) is 12.0 Å². The first-order valence-electron chi connectivity index (χ1n) is 6.95. The number of carbonyl (C=O) groups excluding carboxylic acids is 1. The third-order valence-corrected chi connectivity index (χ3v) is 4.39. The number of benzene rings is 1. The van der Waals surface area contributed by atoms with Gasteiger partial charge < -0.3 is 14.2 Å². The third kappa shape index (κ3) is 2.00. The maximum Gasteiger partial charge on any atom is 0.227 e. The summed E-state index contributed by atoms with van der Waals surface area (Å²) < 4.78 is 7.38. The summed E-state index contributed by atoms with van der Waals surface area (Å²) in [5, 5.41) is 1.18. The molecule has 1 aromatic carbocycles. The first kappa shape index (κ1) is 13.2. The largest absolute Gasteiger partial charge is 0.378 e. The second-order valence-corrected chi connectivity index (χ2v) is 5.47. The van der Waals surface area contributed by atoms with Crippen LogP contribution in [-0.4, -0.2) is 41.7 Å². The molecule has 1 saturated heterocycles. The van der Waals surface area contributed by atoms with Crippen LogP contribution in [0.15, 0.2) is 24.3 Å². The molecule has 3 rings (SSSR count). The number of nitrogens with zero attached hydrogens (tertiary/aromatic N) is 2. The Morgan fingerprint density at radius 2 is 2.05 bits per heavy atom. The highest BCUT2D eigenvalue weighted by molar-refractivity contribution is 5.90. The molecule has 0 saturated carbocycles. The predicted molar refractivity (Wildman–Crippen MR) is 78.7 cm³/mol. The number of methoxy groups -OCH3 is 1. The number of amides is 1. The van der Waals surface area contributed by atoms with Crippen LogP contribution in [-0.2, 0) is 23.0 Å². The monoisotopic (exact) mass is 272 g/mol. The number of aryl methyl sites for hydroxylation is 1. The zero-order chi connectivity index (χ0) is 14.3. The highest BCUT2D eigenvalue weighted by Gasteiger charge is 2.31. The number of rotatable bonds is 3. The molecule has 1 aliphatic rings. The number of para-hydroxylation sites is 1. The minimum Gasteiger partial charge on any atom is -0.378 e. The van der Waals surface area contributed by atoms with Gasteiger partial charge >= 0.3 is 0 Å². The minimum atomic E-state index is 0.192. The average Bonchev–Trinajstić information content (AvgIpc) is 2.63. The Kier molecular flexibility index (Phi) is 3.26. The summed E-state index contributed by atoms with van der Waals surface area (Å²) in [5.41, 5.74) is 3.50. The van der Waals surface area contributed by atoms with Crippen molar-refractivity contribution in [2.75, 3.05) is 20.2 Å². The summed E-state index contributed by atoms with van der Waals surface area (Å²) in [5.74, 6) is 0.192. The SMILES string of the molecule is COC1CN(C(=O)Cc2c(C)n(C)c3ccccc23)C1. The van der Waals surface area contributed by atoms with Crippen LogP contribution in [0.25, 0.3) is 10.9 Å². The van der Waals surface area contributed by atoms with Crippen LogP contribution in [0.1, 0.15) is 11.3 Å². The normalized spacial score (nSPS) is 15.7. The van der Waals surface area contributed by atoms with Crippen LogP contribution in [0.4, 0.5) is 0 Å². The van der Waals surface area contributed by atoms with Gasteiger partial charge in [-0.1, -0.05) is 18.2 Å². The molecule has 1 fully saturated rings. The molecule has 0 radical (unpaired) electrons. The van der Waals surface area contributed by atoms with Crippen molar-refractivity contribution in [2.45, 2.75) is 19.4 Å². The van der Waals surface area contributed by atoms with Crippen LogP contribution >= 0.6 is 0 Å². The summed E-state index contributed by atoms with van der Waals surface area (Å²) >= 11 is 0. The Labute approximate surface area is 118 Å². The van der Waals surface area contributed by atoms with Crippen LogP contribution in [0.3, 0.4) is 0 Å². The van der Waals surface area contributed by atoms with Gasteiger partial charge in [0.1, 0.15) is 0 Å². The Hall–Kier alpha value is -1.81. The molecular formula is C16H20N2O2. The summed E-state index contributed by atoms with van der Waals surface area (Å²) in [7, 11) is 3.75. The molecule has 20 heavy (non-hydrogen) atoms. The van der Waals surface area contributed by atoms with Crippen molar-refractivity contribution in [3.8, 4) is 0 Å². The summed E-state index contributed by atoms with van der Waals surface area (Å²) in [6, 6.07) is 8.26. The van der Waals surface area contributed by atoms with Crippen LogP contribution in [0.2, 0.25) is 0 Å². The van der Waals surface area contributed by atoms with E-state index in [2.05, 4.69) is 30.7 Å². The van der Waals surface area contributed by atoms with E-state index in [1.165, 1.54) is 16.6 Å². The second-order valence-electron chi connectivity index (χ2n) is 5.47. The average molecular weight is 272 g/mol. The van der Waals surface area contributed by atoms with Crippen molar-refractivity contribution >= 4 is 16.8 Å². The lowest BCUT2D eigenvalue weighted by atomic mass is 10.0. The molecule has 0 unspecified atom stereocenters. The number of likely N-dealkylation sites (tertiary alicyclic amines) is 1. The van der Waals surface area contributed by atoms with E-state index in [1.807, 2.05) is 17.0 Å². The molecule has 1 aromatic heterocycles.